The highest BCUT2D eigenvalue weighted by Crippen LogP contribution is 2.44. The summed E-state index contributed by atoms with van der Waals surface area (Å²) in [5.74, 6) is -2.33. The van der Waals surface area contributed by atoms with Crippen LogP contribution in [-0.4, -0.2) is 16.8 Å². The lowest BCUT2D eigenvalue weighted by Crippen LogP contribution is -2.30. The molecule has 0 saturated carbocycles. The van der Waals surface area contributed by atoms with Gasteiger partial charge in [-0.2, -0.15) is 0 Å². The van der Waals surface area contributed by atoms with E-state index in [1.165, 1.54) is 40.5 Å². The second kappa shape index (κ2) is 7.21. The maximum Gasteiger partial charge on any atom is 0.294 e. The van der Waals surface area contributed by atoms with Gasteiger partial charge in [-0.3, -0.25) is 14.5 Å². The smallest absolute Gasteiger partial charge is 0.294 e. The van der Waals surface area contributed by atoms with Crippen molar-refractivity contribution in [1.82, 2.24) is 0 Å². The predicted molar refractivity (Wildman–Crippen MR) is 116 cm³/mol. The minimum absolute atomic E-state index is 0.0377. The van der Waals surface area contributed by atoms with E-state index in [4.69, 9.17) is 4.42 Å². The summed E-state index contributed by atoms with van der Waals surface area (Å²) in [5, 5.41) is 13.4. The number of amides is 1. The van der Waals surface area contributed by atoms with Gasteiger partial charge in [0.05, 0.1) is 5.57 Å². The van der Waals surface area contributed by atoms with Gasteiger partial charge in [0.25, 0.3) is 5.91 Å². The Bertz CT molecular complexity index is 1330. The van der Waals surface area contributed by atoms with Gasteiger partial charge in [0.1, 0.15) is 17.4 Å². The molecule has 5 rings (SSSR count). The summed E-state index contributed by atoms with van der Waals surface area (Å²) in [5.41, 5.74) is 1.73. The molecular formula is C24H16FNO4S. The van der Waals surface area contributed by atoms with E-state index in [9.17, 15) is 19.1 Å². The first-order valence-corrected chi connectivity index (χ1v) is 10.4. The van der Waals surface area contributed by atoms with Crippen molar-refractivity contribution in [2.24, 2.45) is 0 Å². The highest BCUT2D eigenvalue weighted by atomic mass is 32.1. The van der Waals surface area contributed by atoms with Crippen LogP contribution in [0.15, 0.2) is 81.8 Å². The van der Waals surface area contributed by atoms with Crippen molar-refractivity contribution in [3.8, 4) is 0 Å². The molecule has 2 aromatic carbocycles. The number of hydrogen-bond donors (Lipinski definition) is 1. The Labute approximate surface area is 180 Å². The largest absolute Gasteiger partial charge is 0.503 e. The molecule has 0 spiro atoms. The average molecular weight is 433 g/mol. The van der Waals surface area contributed by atoms with Crippen molar-refractivity contribution in [3.63, 3.8) is 0 Å². The first-order valence-electron chi connectivity index (χ1n) is 9.55. The van der Waals surface area contributed by atoms with Gasteiger partial charge in [0.15, 0.2) is 11.5 Å². The lowest BCUT2D eigenvalue weighted by Gasteiger charge is -2.26. The number of ketones is 1. The van der Waals surface area contributed by atoms with Gasteiger partial charge < -0.3 is 9.52 Å². The van der Waals surface area contributed by atoms with Gasteiger partial charge in [-0.05, 0) is 60.3 Å². The number of halogens is 1. The van der Waals surface area contributed by atoms with Crippen molar-refractivity contribution < 1.29 is 23.5 Å². The van der Waals surface area contributed by atoms with Crippen LogP contribution in [0.1, 0.15) is 27.0 Å². The van der Waals surface area contributed by atoms with Crippen LogP contribution in [0.25, 0.3) is 11.0 Å². The zero-order chi connectivity index (χ0) is 21.7. The summed E-state index contributed by atoms with van der Waals surface area (Å²) in [6, 6.07) is 15.2. The lowest BCUT2D eigenvalue weighted by atomic mass is 9.98. The maximum atomic E-state index is 13.5. The zero-order valence-electron chi connectivity index (χ0n) is 16.3. The standard InChI is InChI=1S/C24H16FNO4S/c1-13-10-11-31-23(13)20-19(21(27)18-12-14-4-2-3-5-17(14)30-18)22(28)24(29)26(20)16-8-6-15(25)7-9-16/h2-12,20,28H,1H3. The van der Waals surface area contributed by atoms with E-state index in [2.05, 4.69) is 0 Å². The van der Waals surface area contributed by atoms with Gasteiger partial charge in [0, 0.05) is 16.0 Å². The second-order valence-corrected chi connectivity index (χ2v) is 8.21. The van der Waals surface area contributed by atoms with Crippen molar-refractivity contribution >= 4 is 39.7 Å². The van der Waals surface area contributed by atoms with E-state index < -0.39 is 29.3 Å². The minimum Gasteiger partial charge on any atom is -0.503 e. The third-order valence-corrected chi connectivity index (χ3v) is 6.43. The minimum atomic E-state index is -0.848. The average Bonchev–Trinajstić information content (AvgIpc) is 3.45. The third-order valence-electron chi connectivity index (χ3n) is 5.36. The molecule has 0 bridgehead atoms. The van der Waals surface area contributed by atoms with Crippen LogP contribution in [0.2, 0.25) is 0 Å². The molecule has 0 saturated heterocycles. The number of para-hydroxylation sites is 1. The van der Waals surface area contributed by atoms with Crippen molar-refractivity contribution in [2.45, 2.75) is 13.0 Å². The monoisotopic (exact) mass is 433 g/mol. The first kappa shape index (κ1) is 19.3. The molecule has 3 heterocycles. The molecule has 31 heavy (non-hydrogen) atoms. The number of benzene rings is 2. The number of aliphatic hydroxyl groups excluding tert-OH is 1. The van der Waals surface area contributed by atoms with E-state index in [0.717, 1.165) is 15.8 Å². The fraction of sp³-hybridized carbons (Fsp3) is 0.0833. The number of rotatable bonds is 4. The molecule has 1 atom stereocenters. The molecule has 1 amide bonds. The number of nitrogens with zero attached hydrogens (tertiary/aromatic N) is 1. The summed E-state index contributed by atoms with van der Waals surface area (Å²) in [7, 11) is 0. The van der Waals surface area contributed by atoms with E-state index in [0.29, 0.717) is 11.3 Å². The Morgan fingerprint density at radius 3 is 2.55 bits per heavy atom. The number of carbonyl (C=O) groups is 2. The molecule has 0 fully saturated rings. The maximum absolute atomic E-state index is 13.5. The summed E-state index contributed by atoms with van der Waals surface area (Å²) < 4.78 is 19.2. The number of anilines is 1. The van der Waals surface area contributed by atoms with Crippen LogP contribution in [0.3, 0.4) is 0 Å². The molecule has 5 nitrogen and oxygen atoms in total. The lowest BCUT2D eigenvalue weighted by molar-refractivity contribution is -0.117. The number of thiophene rings is 1. The molecule has 4 aromatic rings. The van der Waals surface area contributed by atoms with Gasteiger partial charge in [-0.1, -0.05) is 18.2 Å². The Balaban J connectivity index is 1.66. The molecule has 1 unspecified atom stereocenters. The van der Waals surface area contributed by atoms with Crippen LogP contribution in [0.4, 0.5) is 10.1 Å². The number of furan rings is 1. The van der Waals surface area contributed by atoms with Crippen LogP contribution < -0.4 is 4.90 Å². The van der Waals surface area contributed by atoms with Crippen LogP contribution in [-0.2, 0) is 4.79 Å². The third kappa shape index (κ3) is 3.05. The van der Waals surface area contributed by atoms with Crippen LogP contribution in [0.5, 0.6) is 0 Å². The Hall–Kier alpha value is -3.71. The van der Waals surface area contributed by atoms with E-state index in [1.807, 2.05) is 30.5 Å². The van der Waals surface area contributed by atoms with Crippen molar-refractivity contribution in [2.75, 3.05) is 4.90 Å². The highest BCUT2D eigenvalue weighted by Gasteiger charge is 2.46. The van der Waals surface area contributed by atoms with Gasteiger partial charge in [0.2, 0.25) is 5.78 Å². The van der Waals surface area contributed by atoms with E-state index in [1.54, 1.807) is 18.2 Å². The molecule has 1 aliphatic rings. The molecular weight excluding hydrogens is 417 g/mol. The van der Waals surface area contributed by atoms with Crippen LogP contribution in [0, 0.1) is 12.7 Å². The van der Waals surface area contributed by atoms with Crippen LogP contribution >= 0.6 is 11.3 Å². The number of aliphatic hydroxyl groups is 1. The second-order valence-electron chi connectivity index (χ2n) is 7.26. The molecule has 2 aromatic heterocycles. The highest BCUT2D eigenvalue weighted by molar-refractivity contribution is 7.10. The summed E-state index contributed by atoms with van der Waals surface area (Å²) in [6.45, 7) is 1.87. The Kier molecular flexibility index (Phi) is 4.48. The Morgan fingerprint density at radius 1 is 1.13 bits per heavy atom. The summed E-state index contributed by atoms with van der Waals surface area (Å²) in [6.07, 6.45) is 0. The van der Waals surface area contributed by atoms with E-state index >= 15 is 0 Å². The number of aryl methyl sites for hydroxylation is 1. The topological polar surface area (TPSA) is 70.7 Å². The fourth-order valence-electron chi connectivity index (χ4n) is 3.84. The molecule has 0 radical (unpaired) electrons. The molecule has 154 valence electrons. The molecule has 1 N–H and O–H groups in total. The van der Waals surface area contributed by atoms with Gasteiger partial charge in [-0.25, -0.2) is 4.39 Å². The fourth-order valence-corrected chi connectivity index (χ4v) is 4.87. The quantitative estimate of drug-likeness (QED) is 0.418. The SMILES string of the molecule is Cc1ccsc1C1C(C(=O)c2cc3ccccc3o2)=C(O)C(=O)N1c1ccc(F)cc1. The normalized spacial score (nSPS) is 16.5. The molecule has 7 heteroatoms. The number of Topliss-reactive ketones (excluding diaryl/α,β-unsaturated/α-hetero) is 1. The van der Waals surface area contributed by atoms with Gasteiger partial charge >= 0.3 is 0 Å². The van der Waals surface area contributed by atoms with Gasteiger partial charge in [-0.15, -0.1) is 11.3 Å². The number of fused-ring (bicyclic) bond motifs is 1. The summed E-state index contributed by atoms with van der Waals surface area (Å²) in [4.78, 5) is 28.6. The number of carbonyl (C=O) groups excluding carboxylic acids is 2. The molecule has 0 aliphatic carbocycles. The van der Waals surface area contributed by atoms with Crippen molar-refractivity contribution in [3.05, 3.63) is 99.4 Å². The first-order chi connectivity index (χ1) is 15.0. The molecule has 1 aliphatic heterocycles. The Morgan fingerprint density at radius 2 is 1.87 bits per heavy atom. The van der Waals surface area contributed by atoms with Crippen molar-refractivity contribution in [1.29, 1.82) is 0 Å². The summed E-state index contributed by atoms with van der Waals surface area (Å²) >= 11 is 1.38. The number of hydrogen-bond acceptors (Lipinski definition) is 5. The predicted octanol–water partition coefficient (Wildman–Crippen LogP) is 5.72. The van der Waals surface area contributed by atoms with E-state index in [-0.39, 0.29) is 11.3 Å². The zero-order valence-corrected chi connectivity index (χ0v) is 17.2.